The van der Waals surface area contributed by atoms with E-state index in [1.807, 2.05) is 13.0 Å². The van der Waals surface area contributed by atoms with E-state index in [2.05, 4.69) is 5.32 Å². The Labute approximate surface area is 105 Å². The van der Waals surface area contributed by atoms with Gasteiger partial charge in [-0.25, -0.2) is 9.59 Å². The number of hydrogen-bond donors (Lipinski definition) is 3. The zero-order valence-electron chi connectivity index (χ0n) is 10.3. The SMILES string of the molecule is Cc1cccc(N(C)C(=O)N[C@@H](CO)C(=O)O)c1. The fourth-order valence-corrected chi connectivity index (χ4v) is 1.39. The van der Waals surface area contributed by atoms with Crippen molar-refractivity contribution in [1.29, 1.82) is 0 Å². The zero-order chi connectivity index (χ0) is 13.7. The number of urea groups is 1. The van der Waals surface area contributed by atoms with Crippen LogP contribution in [0.15, 0.2) is 24.3 Å². The Kier molecular flexibility index (Phi) is 4.67. The number of carbonyl (C=O) groups excluding carboxylic acids is 1. The van der Waals surface area contributed by atoms with E-state index in [0.717, 1.165) is 5.56 Å². The van der Waals surface area contributed by atoms with Crippen molar-refractivity contribution in [2.75, 3.05) is 18.6 Å². The molecule has 1 aromatic rings. The lowest BCUT2D eigenvalue weighted by atomic mass is 10.2. The standard InChI is InChI=1S/C12H16N2O4/c1-8-4-3-5-9(6-8)14(2)12(18)13-10(7-15)11(16)17/h3-6,10,15H,7H2,1-2H3,(H,13,18)(H,16,17)/t10-/m0/s1. The molecule has 0 saturated heterocycles. The predicted octanol–water partition coefficient (Wildman–Crippen LogP) is 0.586. The number of rotatable bonds is 4. The lowest BCUT2D eigenvalue weighted by Crippen LogP contribution is -2.48. The Balaban J connectivity index is 2.75. The lowest BCUT2D eigenvalue weighted by Gasteiger charge is -2.20. The van der Waals surface area contributed by atoms with Gasteiger partial charge in [-0.05, 0) is 24.6 Å². The molecular formula is C12H16N2O4. The van der Waals surface area contributed by atoms with Crippen LogP contribution < -0.4 is 10.2 Å². The van der Waals surface area contributed by atoms with Crippen LogP contribution in [-0.4, -0.2) is 41.9 Å². The molecule has 0 unspecified atom stereocenters. The fraction of sp³-hybridized carbons (Fsp3) is 0.333. The highest BCUT2D eigenvalue weighted by Gasteiger charge is 2.21. The van der Waals surface area contributed by atoms with Crippen LogP contribution in [0.2, 0.25) is 0 Å². The summed E-state index contributed by atoms with van der Waals surface area (Å²) in [5.74, 6) is -1.27. The van der Waals surface area contributed by atoms with E-state index in [0.29, 0.717) is 5.69 Å². The quantitative estimate of drug-likeness (QED) is 0.731. The molecule has 6 heteroatoms. The van der Waals surface area contributed by atoms with Gasteiger partial charge in [0, 0.05) is 12.7 Å². The Bertz CT molecular complexity index is 447. The summed E-state index contributed by atoms with van der Waals surface area (Å²) in [7, 11) is 1.53. The Morgan fingerprint density at radius 3 is 2.61 bits per heavy atom. The lowest BCUT2D eigenvalue weighted by molar-refractivity contribution is -0.140. The van der Waals surface area contributed by atoms with Gasteiger partial charge < -0.3 is 15.5 Å². The summed E-state index contributed by atoms with van der Waals surface area (Å²) in [5.41, 5.74) is 1.64. The average Bonchev–Trinajstić information content (AvgIpc) is 2.34. The fourth-order valence-electron chi connectivity index (χ4n) is 1.39. The summed E-state index contributed by atoms with van der Waals surface area (Å²) in [6, 6.07) is 5.35. The number of anilines is 1. The van der Waals surface area contributed by atoms with Gasteiger partial charge >= 0.3 is 12.0 Å². The van der Waals surface area contributed by atoms with Gasteiger partial charge in [0.2, 0.25) is 0 Å². The van der Waals surface area contributed by atoms with E-state index in [9.17, 15) is 9.59 Å². The van der Waals surface area contributed by atoms with Crippen LogP contribution in [0.4, 0.5) is 10.5 Å². The molecule has 18 heavy (non-hydrogen) atoms. The maximum absolute atomic E-state index is 11.8. The van der Waals surface area contributed by atoms with Gasteiger partial charge in [0.1, 0.15) is 0 Å². The van der Waals surface area contributed by atoms with Gasteiger partial charge in [0.05, 0.1) is 6.61 Å². The molecule has 0 heterocycles. The van der Waals surface area contributed by atoms with Crippen molar-refractivity contribution in [3.63, 3.8) is 0 Å². The number of benzene rings is 1. The number of aliphatic hydroxyl groups is 1. The minimum Gasteiger partial charge on any atom is -0.480 e. The third-order valence-electron chi connectivity index (χ3n) is 2.47. The number of aliphatic carboxylic acids is 1. The van der Waals surface area contributed by atoms with Crippen LogP contribution in [0, 0.1) is 6.92 Å². The first-order valence-corrected chi connectivity index (χ1v) is 5.40. The monoisotopic (exact) mass is 252 g/mol. The average molecular weight is 252 g/mol. The van der Waals surface area contributed by atoms with Crippen molar-refractivity contribution >= 4 is 17.7 Å². The summed E-state index contributed by atoms with van der Waals surface area (Å²) in [5, 5.41) is 19.8. The van der Waals surface area contributed by atoms with E-state index < -0.39 is 24.6 Å². The first-order chi connectivity index (χ1) is 8.45. The van der Waals surface area contributed by atoms with Crippen LogP contribution in [0.1, 0.15) is 5.56 Å². The molecule has 2 amide bonds. The van der Waals surface area contributed by atoms with E-state index in [1.54, 1.807) is 18.2 Å². The van der Waals surface area contributed by atoms with Crippen molar-refractivity contribution in [2.24, 2.45) is 0 Å². The topological polar surface area (TPSA) is 89.9 Å². The molecule has 1 aromatic carbocycles. The molecular weight excluding hydrogens is 236 g/mol. The van der Waals surface area contributed by atoms with Crippen molar-refractivity contribution in [3.8, 4) is 0 Å². The molecule has 0 aromatic heterocycles. The Morgan fingerprint density at radius 2 is 2.11 bits per heavy atom. The summed E-state index contributed by atoms with van der Waals surface area (Å²) >= 11 is 0. The van der Waals surface area contributed by atoms with Crippen molar-refractivity contribution in [2.45, 2.75) is 13.0 Å². The molecule has 0 aliphatic carbocycles. The summed E-state index contributed by atoms with van der Waals surface area (Å²) in [6.45, 7) is 1.24. The number of aryl methyl sites for hydroxylation is 1. The number of nitrogens with one attached hydrogen (secondary N) is 1. The maximum atomic E-state index is 11.8. The van der Waals surface area contributed by atoms with Gasteiger partial charge in [0.15, 0.2) is 6.04 Å². The van der Waals surface area contributed by atoms with Gasteiger partial charge in [-0.1, -0.05) is 12.1 Å². The molecule has 3 N–H and O–H groups in total. The number of carbonyl (C=O) groups is 2. The van der Waals surface area contributed by atoms with Gasteiger partial charge in [-0.2, -0.15) is 0 Å². The maximum Gasteiger partial charge on any atom is 0.328 e. The number of hydrogen-bond acceptors (Lipinski definition) is 3. The van der Waals surface area contributed by atoms with Gasteiger partial charge in [0.25, 0.3) is 0 Å². The van der Waals surface area contributed by atoms with Crippen molar-refractivity contribution < 1.29 is 19.8 Å². The third-order valence-corrected chi connectivity index (χ3v) is 2.47. The first-order valence-electron chi connectivity index (χ1n) is 5.40. The summed E-state index contributed by atoms with van der Waals surface area (Å²) in [4.78, 5) is 23.7. The molecule has 0 radical (unpaired) electrons. The molecule has 0 saturated carbocycles. The van der Waals surface area contributed by atoms with E-state index in [-0.39, 0.29) is 0 Å². The summed E-state index contributed by atoms with van der Waals surface area (Å²) < 4.78 is 0. The number of carboxylic acid groups (broad SMARTS) is 1. The Hall–Kier alpha value is -2.08. The largest absolute Gasteiger partial charge is 0.480 e. The highest BCUT2D eigenvalue weighted by Crippen LogP contribution is 2.14. The molecule has 1 rings (SSSR count). The second kappa shape index (κ2) is 6.02. The zero-order valence-corrected chi connectivity index (χ0v) is 10.3. The highest BCUT2D eigenvalue weighted by atomic mass is 16.4. The van der Waals surface area contributed by atoms with Crippen LogP contribution in [-0.2, 0) is 4.79 Å². The molecule has 1 atom stereocenters. The first kappa shape index (κ1) is 14.0. The Morgan fingerprint density at radius 1 is 1.44 bits per heavy atom. The molecule has 0 aliphatic rings. The van der Waals surface area contributed by atoms with E-state index in [4.69, 9.17) is 10.2 Å². The van der Waals surface area contributed by atoms with Crippen LogP contribution in [0.3, 0.4) is 0 Å². The van der Waals surface area contributed by atoms with E-state index in [1.165, 1.54) is 11.9 Å². The molecule has 0 aliphatic heterocycles. The third kappa shape index (κ3) is 3.46. The smallest absolute Gasteiger partial charge is 0.328 e. The van der Waals surface area contributed by atoms with E-state index >= 15 is 0 Å². The number of amides is 2. The van der Waals surface area contributed by atoms with Crippen LogP contribution >= 0.6 is 0 Å². The predicted molar refractivity (Wildman–Crippen MR) is 66.6 cm³/mol. The number of carboxylic acids is 1. The molecule has 0 fully saturated rings. The molecule has 0 bridgehead atoms. The molecule has 6 nitrogen and oxygen atoms in total. The normalized spacial score (nSPS) is 11.7. The van der Waals surface area contributed by atoms with Gasteiger partial charge in [-0.3, -0.25) is 4.90 Å². The number of aliphatic hydroxyl groups excluding tert-OH is 1. The number of nitrogens with zero attached hydrogens (tertiary/aromatic N) is 1. The summed E-state index contributed by atoms with van der Waals surface area (Å²) in [6.07, 6.45) is 0. The molecule has 0 spiro atoms. The van der Waals surface area contributed by atoms with Crippen LogP contribution in [0.25, 0.3) is 0 Å². The van der Waals surface area contributed by atoms with Crippen LogP contribution in [0.5, 0.6) is 0 Å². The second-order valence-corrected chi connectivity index (χ2v) is 3.92. The minimum absolute atomic E-state index is 0.581. The molecule has 98 valence electrons. The minimum atomic E-state index is -1.30. The van der Waals surface area contributed by atoms with Crippen molar-refractivity contribution in [1.82, 2.24) is 5.32 Å². The van der Waals surface area contributed by atoms with Crippen molar-refractivity contribution in [3.05, 3.63) is 29.8 Å². The highest BCUT2D eigenvalue weighted by molar-refractivity contribution is 5.94. The van der Waals surface area contributed by atoms with Gasteiger partial charge in [-0.15, -0.1) is 0 Å². The second-order valence-electron chi connectivity index (χ2n) is 3.92.